The Bertz CT molecular complexity index is 324. The molecule has 1 aromatic heterocycles. The molecule has 0 radical (unpaired) electrons. The summed E-state index contributed by atoms with van der Waals surface area (Å²) in [5, 5.41) is 11.0. The van der Waals surface area contributed by atoms with Crippen LogP contribution in [-0.2, 0) is 13.1 Å². The SMILES string of the molecule is CC(C)NC(=S)N1Cc2cn[nH]c2C1. The lowest BCUT2D eigenvalue weighted by Gasteiger charge is -2.21. The number of H-pyrrole nitrogens is 1. The minimum absolute atomic E-state index is 0.388. The Morgan fingerprint density at radius 2 is 2.43 bits per heavy atom. The van der Waals surface area contributed by atoms with E-state index in [0.29, 0.717) is 6.04 Å². The Labute approximate surface area is 88.7 Å². The minimum atomic E-state index is 0.388. The van der Waals surface area contributed by atoms with Crippen molar-refractivity contribution in [3.8, 4) is 0 Å². The molecule has 0 aromatic carbocycles. The lowest BCUT2D eigenvalue weighted by molar-refractivity contribution is 0.426. The Balaban J connectivity index is 1.98. The van der Waals surface area contributed by atoms with Crippen LogP contribution in [0.5, 0.6) is 0 Å². The summed E-state index contributed by atoms with van der Waals surface area (Å²) in [6, 6.07) is 0.388. The molecule has 1 aromatic rings. The number of fused-ring (bicyclic) bond motifs is 1. The van der Waals surface area contributed by atoms with E-state index in [0.717, 1.165) is 18.2 Å². The fourth-order valence-electron chi connectivity index (χ4n) is 1.55. The molecule has 76 valence electrons. The van der Waals surface area contributed by atoms with Crippen molar-refractivity contribution >= 4 is 17.3 Å². The van der Waals surface area contributed by atoms with E-state index in [1.807, 2.05) is 6.20 Å². The molecule has 1 aliphatic heterocycles. The molecule has 0 amide bonds. The van der Waals surface area contributed by atoms with Crippen LogP contribution in [-0.4, -0.2) is 26.3 Å². The van der Waals surface area contributed by atoms with Crippen LogP contribution in [0, 0.1) is 0 Å². The van der Waals surface area contributed by atoms with Crippen LogP contribution in [0.1, 0.15) is 25.1 Å². The van der Waals surface area contributed by atoms with Crippen molar-refractivity contribution in [3.63, 3.8) is 0 Å². The molecular weight excluding hydrogens is 196 g/mol. The molecule has 1 aliphatic rings. The normalized spacial score (nSPS) is 14.6. The third-order valence-corrected chi connectivity index (χ3v) is 2.59. The van der Waals surface area contributed by atoms with Gasteiger partial charge in [0.1, 0.15) is 0 Å². The van der Waals surface area contributed by atoms with Crippen molar-refractivity contribution < 1.29 is 0 Å². The number of hydrogen-bond acceptors (Lipinski definition) is 2. The van der Waals surface area contributed by atoms with Gasteiger partial charge in [0.25, 0.3) is 0 Å². The highest BCUT2D eigenvalue weighted by atomic mass is 32.1. The van der Waals surface area contributed by atoms with Crippen LogP contribution in [0.4, 0.5) is 0 Å². The molecular formula is C9H14N4S. The molecule has 0 unspecified atom stereocenters. The summed E-state index contributed by atoms with van der Waals surface area (Å²) < 4.78 is 0. The summed E-state index contributed by atoms with van der Waals surface area (Å²) in [5.74, 6) is 0. The number of nitrogens with zero attached hydrogens (tertiary/aromatic N) is 2. The Morgan fingerprint density at radius 3 is 3.07 bits per heavy atom. The number of thiocarbonyl (C=S) groups is 1. The maximum atomic E-state index is 5.28. The molecule has 4 nitrogen and oxygen atoms in total. The molecule has 0 atom stereocenters. The van der Waals surface area contributed by atoms with Gasteiger partial charge in [-0.1, -0.05) is 0 Å². The smallest absolute Gasteiger partial charge is 0.169 e. The predicted molar refractivity (Wildman–Crippen MR) is 58.7 cm³/mol. The van der Waals surface area contributed by atoms with Gasteiger partial charge in [-0.05, 0) is 26.1 Å². The van der Waals surface area contributed by atoms with Gasteiger partial charge in [0.05, 0.1) is 18.4 Å². The molecule has 0 saturated carbocycles. The van der Waals surface area contributed by atoms with Crippen molar-refractivity contribution in [1.82, 2.24) is 20.4 Å². The van der Waals surface area contributed by atoms with Gasteiger partial charge in [-0.3, -0.25) is 5.10 Å². The highest BCUT2D eigenvalue weighted by Gasteiger charge is 2.22. The lowest BCUT2D eigenvalue weighted by Crippen LogP contribution is -2.39. The molecule has 2 heterocycles. The molecule has 2 rings (SSSR count). The molecule has 2 N–H and O–H groups in total. The number of rotatable bonds is 1. The first kappa shape index (κ1) is 9.45. The van der Waals surface area contributed by atoms with Crippen LogP contribution < -0.4 is 5.32 Å². The predicted octanol–water partition coefficient (Wildman–Crippen LogP) is 1.01. The summed E-state index contributed by atoms with van der Waals surface area (Å²) in [7, 11) is 0. The van der Waals surface area contributed by atoms with Crippen LogP contribution in [0.15, 0.2) is 6.20 Å². The fraction of sp³-hybridized carbons (Fsp3) is 0.556. The monoisotopic (exact) mass is 210 g/mol. The van der Waals surface area contributed by atoms with Gasteiger partial charge in [-0.15, -0.1) is 0 Å². The van der Waals surface area contributed by atoms with E-state index in [1.165, 1.54) is 11.3 Å². The second kappa shape index (κ2) is 3.57. The van der Waals surface area contributed by atoms with Gasteiger partial charge >= 0.3 is 0 Å². The van der Waals surface area contributed by atoms with Gasteiger partial charge in [0.15, 0.2) is 5.11 Å². The van der Waals surface area contributed by atoms with E-state index < -0.39 is 0 Å². The molecule has 0 aliphatic carbocycles. The van der Waals surface area contributed by atoms with Gasteiger partial charge in [0, 0.05) is 18.2 Å². The van der Waals surface area contributed by atoms with Gasteiger partial charge < -0.3 is 10.2 Å². The Hall–Kier alpha value is -1.10. The quantitative estimate of drug-likeness (QED) is 0.679. The fourth-order valence-corrected chi connectivity index (χ4v) is 1.91. The number of nitrogens with one attached hydrogen (secondary N) is 2. The summed E-state index contributed by atoms with van der Waals surface area (Å²) in [5.41, 5.74) is 2.43. The average molecular weight is 210 g/mol. The molecule has 0 bridgehead atoms. The van der Waals surface area contributed by atoms with Crippen molar-refractivity contribution in [3.05, 3.63) is 17.5 Å². The molecule has 5 heteroatoms. The van der Waals surface area contributed by atoms with Gasteiger partial charge in [-0.2, -0.15) is 5.10 Å². The first-order valence-electron chi connectivity index (χ1n) is 4.73. The highest BCUT2D eigenvalue weighted by Crippen LogP contribution is 2.19. The largest absolute Gasteiger partial charge is 0.360 e. The van der Waals surface area contributed by atoms with E-state index >= 15 is 0 Å². The van der Waals surface area contributed by atoms with Crippen LogP contribution in [0.25, 0.3) is 0 Å². The maximum absolute atomic E-state index is 5.28. The van der Waals surface area contributed by atoms with Crippen molar-refractivity contribution in [2.75, 3.05) is 0 Å². The van der Waals surface area contributed by atoms with Crippen molar-refractivity contribution in [2.24, 2.45) is 0 Å². The molecule has 0 spiro atoms. The zero-order chi connectivity index (χ0) is 10.1. The van der Waals surface area contributed by atoms with Gasteiger partial charge in [-0.25, -0.2) is 0 Å². The Kier molecular flexibility index (Phi) is 2.41. The zero-order valence-electron chi connectivity index (χ0n) is 8.37. The van der Waals surface area contributed by atoms with E-state index in [-0.39, 0.29) is 0 Å². The Morgan fingerprint density at radius 1 is 1.64 bits per heavy atom. The van der Waals surface area contributed by atoms with E-state index in [2.05, 4.69) is 34.3 Å². The number of aromatic nitrogens is 2. The zero-order valence-corrected chi connectivity index (χ0v) is 9.19. The van der Waals surface area contributed by atoms with E-state index in [9.17, 15) is 0 Å². The van der Waals surface area contributed by atoms with Crippen LogP contribution >= 0.6 is 12.2 Å². The number of aromatic amines is 1. The summed E-state index contributed by atoms with van der Waals surface area (Å²) in [4.78, 5) is 2.14. The number of hydrogen-bond donors (Lipinski definition) is 2. The van der Waals surface area contributed by atoms with Crippen LogP contribution in [0.2, 0.25) is 0 Å². The van der Waals surface area contributed by atoms with E-state index in [1.54, 1.807) is 0 Å². The highest BCUT2D eigenvalue weighted by molar-refractivity contribution is 7.80. The minimum Gasteiger partial charge on any atom is -0.360 e. The summed E-state index contributed by atoms with van der Waals surface area (Å²) >= 11 is 5.28. The maximum Gasteiger partial charge on any atom is 0.169 e. The van der Waals surface area contributed by atoms with Crippen molar-refractivity contribution in [1.29, 1.82) is 0 Å². The average Bonchev–Trinajstić information content (AvgIpc) is 2.58. The van der Waals surface area contributed by atoms with Gasteiger partial charge in [0.2, 0.25) is 0 Å². The standard InChI is InChI=1S/C9H14N4S/c1-6(2)11-9(14)13-4-7-3-10-12-8(7)5-13/h3,6H,4-5H2,1-2H3,(H,10,12)(H,11,14). The first-order chi connectivity index (χ1) is 6.66. The van der Waals surface area contributed by atoms with Crippen molar-refractivity contribution in [2.45, 2.75) is 33.0 Å². The first-order valence-corrected chi connectivity index (χ1v) is 5.14. The second-order valence-electron chi connectivity index (χ2n) is 3.83. The molecule has 0 fully saturated rings. The summed E-state index contributed by atoms with van der Waals surface area (Å²) in [6.45, 7) is 5.88. The van der Waals surface area contributed by atoms with E-state index in [4.69, 9.17) is 12.2 Å². The summed E-state index contributed by atoms with van der Waals surface area (Å²) in [6.07, 6.45) is 1.87. The second-order valence-corrected chi connectivity index (χ2v) is 4.22. The third-order valence-electron chi connectivity index (χ3n) is 2.22. The molecule has 0 saturated heterocycles. The van der Waals surface area contributed by atoms with Crippen LogP contribution in [0.3, 0.4) is 0 Å². The lowest BCUT2D eigenvalue weighted by atomic mass is 10.3. The molecule has 14 heavy (non-hydrogen) atoms. The topological polar surface area (TPSA) is 44.0 Å². The third kappa shape index (κ3) is 1.72.